The van der Waals surface area contributed by atoms with E-state index in [1.807, 2.05) is 40.6 Å². The number of thiazole rings is 1. The van der Waals surface area contributed by atoms with Gasteiger partial charge < -0.3 is 28.6 Å². The Hall–Kier alpha value is -3.66. The predicted octanol–water partition coefficient (Wildman–Crippen LogP) is 6.62. The van der Waals surface area contributed by atoms with E-state index in [-0.39, 0.29) is 0 Å². The number of hydrogen-bond acceptors (Lipinski definition) is 11. The molecule has 0 amide bonds. The van der Waals surface area contributed by atoms with Crippen LogP contribution in [0, 0.1) is 0 Å². The Labute approximate surface area is 306 Å². The number of rotatable bonds is 13. The molecule has 0 N–H and O–H groups in total. The van der Waals surface area contributed by atoms with Crippen LogP contribution in [0.1, 0.15) is 11.4 Å². The zero-order valence-electron chi connectivity index (χ0n) is 28.4. The van der Waals surface area contributed by atoms with E-state index in [2.05, 4.69) is 50.3 Å². The van der Waals surface area contributed by atoms with Gasteiger partial charge in [-0.2, -0.15) is 19.6 Å². The molecule has 264 valence electrons. The van der Waals surface area contributed by atoms with E-state index in [0.717, 1.165) is 44.4 Å². The molecule has 12 nitrogen and oxygen atoms in total. The van der Waals surface area contributed by atoms with Crippen LogP contribution in [0.25, 0.3) is 27.1 Å². The van der Waals surface area contributed by atoms with Crippen molar-refractivity contribution in [3.8, 4) is 16.2 Å². The molecule has 0 bridgehead atoms. The fourth-order valence-electron chi connectivity index (χ4n) is 5.70. The predicted molar refractivity (Wildman–Crippen MR) is 204 cm³/mol. The van der Waals surface area contributed by atoms with Gasteiger partial charge in [-0.1, -0.05) is 35.3 Å². The van der Waals surface area contributed by atoms with E-state index in [1.165, 1.54) is 0 Å². The van der Waals surface area contributed by atoms with E-state index >= 15 is 0 Å². The Bertz CT molecular complexity index is 2080. The molecule has 2 aromatic carbocycles. The summed E-state index contributed by atoms with van der Waals surface area (Å²) in [5.41, 5.74) is 6.03. The van der Waals surface area contributed by atoms with Crippen molar-refractivity contribution in [3.05, 3.63) is 75.7 Å². The first-order valence-electron chi connectivity index (χ1n) is 16.1. The molecular weight excluding hydrogens is 717 g/mol. The summed E-state index contributed by atoms with van der Waals surface area (Å²) in [6, 6.07) is 11.7. The standard InChI is InChI=1S/C34H39Cl2N9O3S2/c1-46-24-7-5-23(6-8-24)19-43(20-31-39-28-15-26(35)27(36)16-29(28)44(31)22-48-13-14-50(2,3)4)34-41-33(42-9-11-47-12-10-42)40-32-25(17-38-45(32)34)30-18-37-21-49-30/h5-8,15-18,21H,9-14,19-20,22H2,1-4H3. The fraction of sp³-hybridized carbons (Fsp3) is 0.382. The second kappa shape index (κ2) is 14.9. The number of nitrogens with zero attached hydrogens (tertiary/aromatic N) is 9. The van der Waals surface area contributed by atoms with Gasteiger partial charge in [0.05, 0.1) is 76.7 Å². The van der Waals surface area contributed by atoms with E-state index < -0.39 is 10.0 Å². The second-order valence-corrected chi connectivity index (χ2v) is 19.1. The average Bonchev–Trinajstić information content (AvgIpc) is 3.86. The van der Waals surface area contributed by atoms with Gasteiger partial charge in [-0.15, -0.1) is 11.3 Å². The summed E-state index contributed by atoms with van der Waals surface area (Å²) in [6.45, 7) is 4.38. The number of methoxy groups -OCH3 is 1. The van der Waals surface area contributed by atoms with E-state index in [1.54, 1.807) is 24.5 Å². The van der Waals surface area contributed by atoms with Crippen molar-refractivity contribution in [1.29, 1.82) is 0 Å². The number of imidazole rings is 1. The minimum Gasteiger partial charge on any atom is -0.497 e. The van der Waals surface area contributed by atoms with Crippen LogP contribution in [0.3, 0.4) is 0 Å². The normalized spacial score (nSPS) is 14.2. The first-order chi connectivity index (χ1) is 24.2. The zero-order valence-corrected chi connectivity index (χ0v) is 31.5. The molecule has 1 aliphatic rings. The van der Waals surface area contributed by atoms with Crippen LogP contribution in [-0.4, -0.2) is 98.7 Å². The number of aromatic nitrogens is 7. The number of halogens is 2. The molecule has 1 fully saturated rings. The van der Waals surface area contributed by atoms with Gasteiger partial charge in [0.25, 0.3) is 0 Å². The highest BCUT2D eigenvalue weighted by molar-refractivity contribution is 8.32. The highest BCUT2D eigenvalue weighted by atomic mass is 35.5. The molecule has 1 aliphatic heterocycles. The van der Waals surface area contributed by atoms with Crippen molar-refractivity contribution >= 4 is 73.1 Å². The third-order valence-corrected chi connectivity index (χ3v) is 11.3. The zero-order chi connectivity index (χ0) is 34.8. The Morgan fingerprint density at radius 1 is 0.980 bits per heavy atom. The number of morpholine rings is 1. The summed E-state index contributed by atoms with van der Waals surface area (Å²) in [4.78, 5) is 25.0. The summed E-state index contributed by atoms with van der Waals surface area (Å²) >= 11 is 14.6. The quantitative estimate of drug-likeness (QED) is 0.119. The van der Waals surface area contributed by atoms with Gasteiger partial charge in [0.2, 0.25) is 11.9 Å². The molecule has 0 aliphatic carbocycles. The minimum atomic E-state index is -0.718. The smallest absolute Gasteiger partial charge is 0.232 e. The van der Waals surface area contributed by atoms with Gasteiger partial charge in [-0.25, -0.2) is 15.0 Å². The van der Waals surface area contributed by atoms with Crippen LogP contribution in [-0.2, 0) is 29.3 Å². The SMILES string of the molecule is COc1ccc(CN(Cc2nc3cc(Cl)c(Cl)cc3n2COCCS(C)(C)C)c2nc(N3CCOCC3)nc3c(-c4cncs4)cnn23)cc1. The molecule has 6 aromatic rings. The fourth-order valence-corrected chi connectivity index (χ4v) is 7.27. The van der Waals surface area contributed by atoms with Gasteiger partial charge in [-0.05, 0) is 48.6 Å². The lowest BCUT2D eigenvalue weighted by Gasteiger charge is -2.29. The molecule has 50 heavy (non-hydrogen) atoms. The van der Waals surface area contributed by atoms with Crippen LogP contribution in [0.15, 0.2) is 54.3 Å². The third kappa shape index (κ3) is 7.65. The van der Waals surface area contributed by atoms with Crippen LogP contribution < -0.4 is 14.5 Å². The topological polar surface area (TPSA) is 108 Å². The van der Waals surface area contributed by atoms with Crippen LogP contribution in [0.5, 0.6) is 5.75 Å². The third-order valence-electron chi connectivity index (χ3n) is 8.41. The Balaban J connectivity index is 1.36. The number of hydrogen-bond donors (Lipinski definition) is 0. The van der Waals surface area contributed by atoms with E-state index in [4.69, 9.17) is 57.5 Å². The first kappa shape index (κ1) is 34.8. The van der Waals surface area contributed by atoms with Gasteiger partial charge in [0.15, 0.2) is 5.65 Å². The summed E-state index contributed by atoms with van der Waals surface area (Å²) in [5, 5.41) is 5.75. The summed E-state index contributed by atoms with van der Waals surface area (Å²) in [6.07, 6.45) is 10.5. The maximum Gasteiger partial charge on any atom is 0.232 e. The molecule has 0 radical (unpaired) electrons. The first-order valence-corrected chi connectivity index (χ1v) is 20.8. The molecule has 5 heterocycles. The van der Waals surface area contributed by atoms with Crippen molar-refractivity contribution in [2.24, 2.45) is 0 Å². The van der Waals surface area contributed by atoms with Crippen molar-refractivity contribution in [2.75, 3.05) is 74.3 Å². The summed E-state index contributed by atoms with van der Waals surface area (Å²) < 4.78 is 21.3. The second-order valence-electron chi connectivity index (χ2n) is 12.8. The maximum atomic E-state index is 6.55. The molecule has 7 rings (SSSR count). The van der Waals surface area contributed by atoms with Crippen molar-refractivity contribution in [1.82, 2.24) is 34.1 Å². The number of anilines is 2. The number of ether oxygens (including phenoxy) is 3. The molecule has 0 spiro atoms. The Morgan fingerprint density at radius 3 is 2.48 bits per heavy atom. The van der Waals surface area contributed by atoms with Crippen LogP contribution in [0.4, 0.5) is 11.9 Å². The molecule has 0 unspecified atom stereocenters. The van der Waals surface area contributed by atoms with E-state index in [9.17, 15) is 0 Å². The lowest BCUT2D eigenvalue weighted by molar-refractivity contribution is 0.0903. The van der Waals surface area contributed by atoms with Crippen LogP contribution in [0.2, 0.25) is 10.0 Å². The Kier molecular flexibility index (Phi) is 10.4. The molecular formula is C34H39Cl2N9O3S2. The highest BCUT2D eigenvalue weighted by Gasteiger charge is 2.25. The minimum absolute atomic E-state index is 0.311. The van der Waals surface area contributed by atoms with Gasteiger partial charge in [0, 0.05) is 31.6 Å². The summed E-state index contributed by atoms with van der Waals surface area (Å²) in [5.74, 6) is 3.78. The van der Waals surface area contributed by atoms with E-state index in [0.29, 0.717) is 80.3 Å². The monoisotopic (exact) mass is 755 g/mol. The molecule has 1 saturated heterocycles. The lowest BCUT2D eigenvalue weighted by Crippen LogP contribution is -2.38. The molecule has 0 saturated carbocycles. The Morgan fingerprint density at radius 2 is 1.76 bits per heavy atom. The average molecular weight is 757 g/mol. The summed E-state index contributed by atoms with van der Waals surface area (Å²) in [7, 11) is 0.947. The lowest BCUT2D eigenvalue weighted by atomic mass is 10.2. The van der Waals surface area contributed by atoms with Crippen molar-refractivity contribution in [3.63, 3.8) is 0 Å². The highest BCUT2D eigenvalue weighted by Crippen LogP contribution is 2.35. The maximum absolute atomic E-state index is 6.55. The van der Waals surface area contributed by atoms with Gasteiger partial charge >= 0.3 is 0 Å². The molecule has 4 aromatic heterocycles. The van der Waals surface area contributed by atoms with Gasteiger partial charge in [-0.3, -0.25) is 4.98 Å². The van der Waals surface area contributed by atoms with Crippen LogP contribution >= 0.6 is 44.6 Å². The van der Waals surface area contributed by atoms with Crippen molar-refractivity contribution in [2.45, 2.75) is 19.8 Å². The number of fused-ring (bicyclic) bond motifs is 2. The molecule has 0 atom stereocenters. The largest absolute Gasteiger partial charge is 0.497 e. The molecule has 16 heteroatoms. The van der Waals surface area contributed by atoms with Crippen molar-refractivity contribution < 1.29 is 14.2 Å². The van der Waals surface area contributed by atoms with Gasteiger partial charge in [0.1, 0.15) is 18.3 Å². The number of benzene rings is 2.